The van der Waals surface area contributed by atoms with Gasteiger partial charge in [-0.05, 0) is 17.9 Å². The maximum atomic E-state index is 3.46. The number of rotatable bonds is 1. The first-order valence-corrected chi connectivity index (χ1v) is 1.65. The van der Waals surface area contributed by atoms with E-state index in [4.69, 9.17) is 0 Å². The van der Waals surface area contributed by atoms with E-state index in [1.54, 1.807) is 6.08 Å². The van der Waals surface area contributed by atoms with Gasteiger partial charge in [0, 0.05) is 21.7 Å². The molecule has 0 aliphatic carbocycles. The van der Waals surface area contributed by atoms with Gasteiger partial charge in [-0.2, -0.15) is 0 Å². The Hall–Kier alpha value is 0.411. The van der Waals surface area contributed by atoms with Crippen LogP contribution in [0.25, 0.3) is 0 Å². The standard InChI is InChI=1S/C5H8.H4Si.Ti/c1-3-5-4-2;;/h3-5H,1H2,2H3;1H4;. The monoisotopic (exact) mass is 148 g/mol. The van der Waals surface area contributed by atoms with Crippen molar-refractivity contribution in [2.45, 2.75) is 6.92 Å². The molecule has 0 aromatic carbocycles. The van der Waals surface area contributed by atoms with Crippen molar-refractivity contribution < 1.29 is 21.7 Å². The average molecular weight is 148 g/mol. The molecule has 2 heteroatoms. The molecule has 0 aliphatic heterocycles. The van der Waals surface area contributed by atoms with E-state index in [1.165, 1.54) is 0 Å². The van der Waals surface area contributed by atoms with Gasteiger partial charge in [0.25, 0.3) is 0 Å². The zero-order chi connectivity index (χ0) is 4.12. The first kappa shape index (κ1) is 15.7. The minimum atomic E-state index is 0. The van der Waals surface area contributed by atoms with E-state index in [0.717, 1.165) is 0 Å². The van der Waals surface area contributed by atoms with Crippen molar-refractivity contribution in [3.8, 4) is 0 Å². The van der Waals surface area contributed by atoms with Crippen molar-refractivity contribution in [3.63, 3.8) is 0 Å². The van der Waals surface area contributed by atoms with Crippen molar-refractivity contribution >= 4 is 11.0 Å². The molecule has 0 saturated heterocycles. The maximum absolute atomic E-state index is 3.46. The van der Waals surface area contributed by atoms with Crippen LogP contribution in [0.1, 0.15) is 6.92 Å². The Bertz CT molecular complexity index is 50.0. The van der Waals surface area contributed by atoms with Crippen LogP contribution in [0.5, 0.6) is 0 Å². The SMILES string of the molecule is C=CC=CC.[SiH4].[Ti]. The van der Waals surface area contributed by atoms with Gasteiger partial charge in [-0.3, -0.25) is 0 Å². The molecule has 0 atom stereocenters. The van der Waals surface area contributed by atoms with Crippen molar-refractivity contribution in [2.24, 2.45) is 0 Å². The van der Waals surface area contributed by atoms with Crippen LogP contribution in [0.15, 0.2) is 24.8 Å². The topological polar surface area (TPSA) is 0 Å². The molecular weight excluding hydrogens is 136 g/mol. The summed E-state index contributed by atoms with van der Waals surface area (Å²) < 4.78 is 0. The van der Waals surface area contributed by atoms with Crippen LogP contribution in [-0.2, 0) is 21.7 Å². The van der Waals surface area contributed by atoms with Gasteiger partial charge in [-0.25, -0.2) is 0 Å². The fourth-order valence-electron chi connectivity index (χ4n) is 0.136. The molecule has 0 N–H and O–H groups in total. The third-order valence-corrected chi connectivity index (χ3v) is 0.329. The molecule has 7 heavy (non-hydrogen) atoms. The van der Waals surface area contributed by atoms with Crippen LogP contribution in [-0.4, -0.2) is 11.0 Å². The van der Waals surface area contributed by atoms with Crippen LogP contribution in [0, 0.1) is 0 Å². The van der Waals surface area contributed by atoms with Gasteiger partial charge in [0.15, 0.2) is 0 Å². The van der Waals surface area contributed by atoms with Crippen LogP contribution in [0.3, 0.4) is 0 Å². The molecule has 0 unspecified atom stereocenters. The smallest absolute Gasteiger partial charge is 0 e. The molecule has 0 fully saturated rings. The third kappa shape index (κ3) is 21.5. The Morgan fingerprint density at radius 2 is 1.86 bits per heavy atom. The molecule has 0 spiro atoms. The number of allylic oxidation sites excluding steroid dienone is 3. The van der Waals surface area contributed by atoms with E-state index in [0.29, 0.717) is 0 Å². The maximum Gasteiger partial charge on any atom is 0 e. The molecule has 0 aromatic rings. The quantitative estimate of drug-likeness (QED) is 0.370. The first-order chi connectivity index (χ1) is 2.41. The van der Waals surface area contributed by atoms with E-state index >= 15 is 0 Å². The normalized spacial score (nSPS) is 6.43. The van der Waals surface area contributed by atoms with Gasteiger partial charge in [-0.1, -0.05) is 24.8 Å². The van der Waals surface area contributed by atoms with Crippen LogP contribution in [0.2, 0.25) is 0 Å². The van der Waals surface area contributed by atoms with Gasteiger partial charge in [-0.15, -0.1) is 0 Å². The van der Waals surface area contributed by atoms with Crippen LogP contribution in [0.4, 0.5) is 0 Å². The minimum Gasteiger partial charge on any atom is -0.0991 e. The molecule has 0 aromatic heterocycles. The predicted octanol–water partition coefficient (Wildman–Crippen LogP) is 0.294. The Kier molecular flexibility index (Phi) is 36.1. The number of hydrogen-bond acceptors (Lipinski definition) is 0. The van der Waals surface area contributed by atoms with E-state index in [2.05, 4.69) is 6.58 Å². The van der Waals surface area contributed by atoms with Crippen molar-refractivity contribution in [2.75, 3.05) is 0 Å². The van der Waals surface area contributed by atoms with E-state index in [-0.39, 0.29) is 32.7 Å². The van der Waals surface area contributed by atoms with Gasteiger partial charge < -0.3 is 0 Å². The summed E-state index contributed by atoms with van der Waals surface area (Å²) in [5.41, 5.74) is 0. The zero-order valence-corrected chi connectivity index (χ0v) is 5.50. The molecule has 0 radical (unpaired) electrons. The van der Waals surface area contributed by atoms with E-state index < -0.39 is 0 Å². The van der Waals surface area contributed by atoms with Crippen molar-refractivity contribution in [3.05, 3.63) is 24.8 Å². The predicted molar refractivity (Wildman–Crippen MR) is 36.3 cm³/mol. The Morgan fingerprint density at radius 3 is 1.86 bits per heavy atom. The molecule has 0 rings (SSSR count). The summed E-state index contributed by atoms with van der Waals surface area (Å²) in [6, 6.07) is 0. The third-order valence-electron chi connectivity index (χ3n) is 0.329. The first-order valence-electron chi connectivity index (χ1n) is 1.65. The second kappa shape index (κ2) is 16.1. The summed E-state index contributed by atoms with van der Waals surface area (Å²) in [7, 11) is 0. The summed E-state index contributed by atoms with van der Waals surface area (Å²) in [4.78, 5) is 0. The second-order valence-electron chi connectivity index (χ2n) is 0.761. The summed E-state index contributed by atoms with van der Waals surface area (Å²) in [6.45, 7) is 5.42. The molecular formula is C5H12SiTi. The second-order valence-corrected chi connectivity index (χ2v) is 0.761. The van der Waals surface area contributed by atoms with E-state index in [1.807, 2.05) is 19.1 Å². The molecule has 40 valence electrons. The van der Waals surface area contributed by atoms with Crippen molar-refractivity contribution in [1.29, 1.82) is 0 Å². The Balaban J connectivity index is -0.0000000800. The number of hydrogen-bond donors (Lipinski definition) is 0. The molecule has 0 amide bonds. The van der Waals surface area contributed by atoms with Crippen LogP contribution >= 0.6 is 0 Å². The Morgan fingerprint density at radius 1 is 1.43 bits per heavy atom. The molecule has 0 bridgehead atoms. The Labute approximate surface area is 64.6 Å². The summed E-state index contributed by atoms with van der Waals surface area (Å²) >= 11 is 0. The molecule has 0 saturated carbocycles. The van der Waals surface area contributed by atoms with Gasteiger partial charge >= 0.3 is 0 Å². The van der Waals surface area contributed by atoms with Gasteiger partial charge in [0.1, 0.15) is 0 Å². The van der Waals surface area contributed by atoms with Crippen LogP contribution < -0.4 is 0 Å². The molecule has 0 heterocycles. The fraction of sp³-hybridized carbons (Fsp3) is 0.200. The van der Waals surface area contributed by atoms with E-state index in [9.17, 15) is 0 Å². The summed E-state index contributed by atoms with van der Waals surface area (Å²) in [6.07, 6.45) is 5.58. The summed E-state index contributed by atoms with van der Waals surface area (Å²) in [5.74, 6) is 0. The molecule has 0 aliphatic rings. The zero-order valence-electron chi connectivity index (χ0n) is 3.94. The molecule has 0 nitrogen and oxygen atoms in total. The van der Waals surface area contributed by atoms with Crippen molar-refractivity contribution in [1.82, 2.24) is 0 Å². The summed E-state index contributed by atoms with van der Waals surface area (Å²) in [5, 5.41) is 0. The average Bonchev–Trinajstić information content (AvgIpc) is 1.41. The largest absolute Gasteiger partial charge is 0.0991 e. The van der Waals surface area contributed by atoms with Gasteiger partial charge in [0.05, 0.1) is 0 Å². The minimum absolute atomic E-state index is 0. The van der Waals surface area contributed by atoms with Gasteiger partial charge in [0.2, 0.25) is 0 Å². The fourth-order valence-corrected chi connectivity index (χ4v) is 0.136.